The van der Waals surface area contributed by atoms with Crippen LogP contribution in [-0.4, -0.2) is 27.0 Å². The van der Waals surface area contributed by atoms with Crippen molar-refractivity contribution in [2.24, 2.45) is 0 Å². The standard InChI is InChI=1S/C12H15N5/c1-3-4-11-16-9(7-12(13-2)17-11)10-8-14-5-6-15-10/h5-8H,3-4H2,1-2H3,(H,13,16,17). The lowest BCUT2D eigenvalue weighted by Gasteiger charge is -2.06. The van der Waals surface area contributed by atoms with Gasteiger partial charge in [-0.15, -0.1) is 0 Å². The van der Waals surface area contributed by atoms with E-state index in [1.54, 1.807) is 18.6 Å². The largest absolute Gasteiger partial charge is 0.373 e. The zero-order valence-electron chi connectivity index (χ0n) is 10.0. The average molecular weight is 229 g/mol. The van der Waals surface area contributed by atoms with Crippen molar-refractivity contribution in [3.8, 4) is 11.4 Å². The van der Waals surface area contributed by atoms with Gasteiger partial charge in [0.25, 0.3) is 0 Å². The molecule has 0 aliphatic heterocycles. The molecule has 0 radical (unpaired) electrons. The molecule has 0 saturated heterocycles. The number of nitrogens with one attached hydrogen (secondary N) is 1. The van der Waals surface area contributed by atoms with Crippen molar-refractivity contribution in [2.45, 2.75) is 19.8 Å². The van der Waals surface area contributed by atoms with Crippen molar-refractivity contribution in [3.05, 3.63) is 30.5 Å². The Kier molecular flexibility index (Phi) is 3.59. The highest BCUT2D eigenvalue weighted by Gasteiger charge is 2.06. The van der Waals surface area contributed by atoms with E-state index < -0.39 is 0 Å². The molecule has 0 spiro atoms. The lowest BCUT2D eigenvalue weighted by Crippen LogP contribution is -2.02. The van der Waals surface area contributed by atoms with E-state index in [0.717, 1.165) is 35.9 Å². The monoisotopic (exact) mass is 229 g/mol. The first-order valence-corrected chi connectivity index (χ1v) is 5.65. The molecule has 17 heavy (non-hydrogen) atoms. The van der Waals surface area contributed by atoms with Crippen LogP contribution < -0.4 is 5.32 Å². The Balaban J connectivity index is 2.43. The first-order chi connectivity index (χ1) is 8.33. The Morgan fingerprint density at radius 2 is 2.06 bits per heavy atom. The summed E-state index contributed by atoms with van der Waals surface area (Å²) in [6.07, 6.45) is 6.90. The molecule has 5 nitrogen and oxygen atoms in total. The molecule has 0 aliphatic rings. The summed E-state index contributed by atoms with van der Waals surface area (Å²) in [5.41, 5.74) is 1.57. The number of nitrogens with zero attached hydrogens (tertiary/aromatic N) is 4. The Hall–Kier alpha value is -2.04. The minimum atomic E-state index is 0.767. The van der Waals surface area contributed by atoms with Crippen LogP contribution in [0.1, 0.15) is 19.2 Å². The smallest absolute Gasteiger partial charge is 0.131 e. The van der Waals surface area contributed by atoms with Crippen LogP contribution in [-0.2, 0) is 6.42 Å². The molecule has 2 heterocycles. The summed E-state index contributed by atoms with van der Waals surface area (Å²) in [6.45, 7) is 2.11. The second-order valence-corrected chi connectivity index (χ2v) is 3.65. The maximum absolute atomic E-state index is 4.49. The second kappa shape index (κ2) is 5.34. The van der Waals surface area contributed by atoms with E-state index in [4.69, 9.17) is 0 Å². The van der Waals surface area contributed by atoms with Crippen LogP contribution >= 0.6 is 0 Å². The van der Waals surface area contributed by atoms with Gasteiger partial charge in [0, 0.05) is 31.9 Å². The number of rotatable bonds is 4. The van der Waals surface area contributed by atoms with Gasteiger partial charge in [-0.25, -0.2) is 9.97 Å². The van der Waals surface area contributed by atoms with E-state index in [1.165, 1.54) is 0 Å². The molecule has 0 bridgehead atoms. The van der Waals surface area contributed by atoms with Gasteiger partial charge in [0.15, 0.2) is 0 Å². The third-order valence-corrected chi connectivity index (χ3v) is 2.33. The predicted molar refractivity (Wildman–Crippen MR) is 66.6 cm³/mol. The molecule has 0 unspecified atom stereocenters. The fourth-order valence-corrected chi connectivity index (χ4v) is 1.52. The van der Waals surface area contributed by atoms with Gasteiger partial charge in [-0.2, -0.15) is 0 Å². The van der Waals surface area contributed by atoms with Crippen molar-refractivity contribution < 1.29 is 0 Å². The van der Waals surface area contributed by atoms with E-state index in [9.17, 15) is 0 Å². The highest BCUT2D eigenvalue weighted by molar-refractivity contribution is 5.57. The molecule has 0 fully saturated rings. The summed E-state index contributed by atoms with van der Waals surface area (Å²) in [7, 11) is 1.85. The molecular formula is C12H15N5. The first kappa shape index (κ1) is 11.4. The summed E-state index contributed by atoms with van der Waals surface area (Å²) < 4.78 is 0. The lowest BCUT2D eigenvalue weighted by atomic mass is 10.2. The number of aromatic nitrogens is 4. The lowest BCUT2D eigenvalue weighted by molar-refractivity contribution is 0.837. The van der Waals surface area contributed by atoms with Gasteiger partial charge < -0.3 is 5.32 Å². The maximum atomic E-state index is 4.49. The minimum Gasteiger partial charge on any atom is -0.373 e. The predicted octanol–water partition coefficient (Wildman–Crippen LogP) is 1.93. The fourth-order valence-electron chi connectivity index (χ4n) is 1.52. The van der Waals surface area contributed by atoms with Gasteiger partial charge in [-0.1, -0.05) is 6.92 Å². The summed E-state index contributed by atoms with van der Waals surface area (Å²) in [6, 6.07) is 1.88. The summed E-state index contributed by atoms with van der Waals surface area (Å²) >= 11 is 0. The van der Waals surface area contributed by atoms with E-state index in [0.29, 0.717) is 0 Å². The van der Waals surface area contributed by atoms with E-state index in [-0.39, 0.29) is 0 Å². The summed E-state index contributed by atoms with van der Waals surface area (Å²) in [4.78, 5) is 17.2. The van der Waals surface area contributed by atoms with Gasteiger partial charge in [0.1, 0.15) is 17.3 Å². The van der Waals surface area contributed by atoms with Crippen molar-refractivity contribution >= 4 is 5.82 Å². The Morgan fingerprint density at radius 1 is 1.18 bits per heavy atom. The molecule has 5 heteroatoms. The zero-order chi connectivity index (χ0) is 12.1. The molecule has 2 rings (SSSR count). The molecule has 0 amide bonds. The minimum absolute atomic E-state index is 0.767. The molecule has 88 valence electrons. The fraction of sp³-hybridized carbons (Fsp3) is 0.333. The van der Waals surface area contributed by atoms with Crippen molar-refractivity contribution in [1.82, 2.24) is 19.9 Å². The molecule has 0 aliphatic carbocycles. The highest BCUT2D eigenvalue weighted by Crippen LogP contribution is 2.16. The van der Waals surface area contributed by atoms with E-state index in [1.807, 2.05) is 13.1 Å². The molecule has 2 aromatic heterocycles. The molecule has 0 saturated carbocycles. The summed E-state index contributed by atoms with van der Waals surface area (Å²) in [5, 5.41) is 3.04. The quantitative estimate of drug-likeness (QED) is 0.867. The Bertz CT molecular complexity index is 484. The number of anilines is 1. The molecule has 2 aromatic rings. The third-order valence-electron chi connectivity index (χ3n) is 2.33. The molecule has 0 atom stereocenters. The van der Waals surface area contributed by atoms with E-state index in [2.05, 4.69) is 32.2 Å². The van der Waals surface area contributed by atoms with Gasteiger partial charge in [-0.05, 0) is 6.42 Å². The van der Waals surface area contributed by atoms with Gasteiger partial charge in [0.2, 0.25) is 0 Å². The SMILES string of the molecule is CCCc1nc(NC)cc(-c2cnccn2)n1. The zero-order valence-corrected chi connectivity index (χ0v) is 10.0. The van der Waals surface area contributed by atoms with Crippen LogP contribution in [0.25, 0.3) is 11.4 Å². The Morgan fingerprint density at radius 3 is 2.71 bits per heavy atom. The first-order valence-electron chi connectivity index (χ1n) is 5.65. The van der Waals surface area contributed by atoms with Gasteiger partial charge in [-0.3, -0.25) is 9.97 Å². The normalized spacial score (nSPS) is 10.2. The van der Waals surface area contributed by atoms with Crippen LogP contribution in [0.15, 0.2) is 24.7 Å². The van der Waals surface area contributed by atoms with E-state index >= 15 is 0 Å². The maximum Gasteiger partial charge on any atom is 0.131 e. The molecule has 0 aromatic carbocycles. The van der Waals surface area contributed by atoms with Crippen LogP contribution in [0, 0.1) is 0 Å². The summed E-state index contributed by atoms with van der Waals surface area (Å²) in [5.74, 6) is 1.64. The van der Waals surface area contributed by atoms with Crippen molar-refractivity contribution in [2.75, 3.05) is 12.4 Å². The number of aryl methyl sites for hydroxylation is 1. The number of hydrogen-bond donors (Lipinski definition) is 1. The van der Waals surface area contributed by atoms with Crippen molar-refractivity contribution in [3.63, 3.8) is 0 Å². The van der Waals surface area contributed by atoms with Crippen molar-refractivity contribution in [1.29, 1.82) is 0 Å². The Labute approximate surface area is 100 Å². The number of hydrogen-bond acceptors (Lipinski definition) is 5. The van der Waals surface area contributed by atoms with Crippen LogP contribution in [0.3, 0.4) is 0 Å². The van der Waals surface area contributed by atoms with Gasteiger partial charge >= 0.3 is 0 Å². The van der Waals surface area contributed by atoms with Crippen LogP contribution in [0.4, 0.5) is 5.82 Å². The second-order valence-electron chi connectivity index (χ2n) is 3.65. The highest BCUT2D eigenvalue weighted by atomic mass is 15.0. The topological polar surface area (TPSA) is 63.6 Å². The van der Waals surface area contributed by atoms with Gasteiger partial charge in [0.05, 0.1) is 11.9 Å². The molecular weight excluding hydrogens is 214 g/mol. The van der Waals surface area contributed by atoms with Crippen LogP contribution in [0.5, 0.6) is 0 Å². The third kappa shape index (κ3) is 2.75. The van der Waals surface area contributed by atoms with Crippen LogP contribution in [0.2, 0.25) is 0 Å². The average Bonchev–Trinajstić information content (AvgIpc) is 2.40. The molecule has 1 N–H and O–H groups in total.